The number of carbonyl (C=O) groups is 1. The molecule has 1 aliphatic rings. The molecule has 156 valence electrons. The first-order valence-electron chi connectivity index (χ1n) is 9.89. The second-order valence-electron chi connectivity index (χ2n) is 7.31. The fourth-order valence-corrected chi connectivity index (χ4v) is 5.13. The maximum absolute atomic E-state index is 13.1. The minimum absolute atomic E-state index is 0.0102. The van der Waals surface area contributed by atoms with Crippen molar-refractivity contribution in [2.75, 3.05) is 19.6 Å². The number of nitriles is 1. The summed E-state index contributed by atoms with van der Waals surface area (Å²) in [5, 5.41) is 8.93. The van der Waals surface area contributed by atoms with Crippen molar-refractivity contribution < 1.29 is 13.2 Å². The molecule has 7 heteroatoms. The van der Waals surface area contributed by atoms with E-state index >= 15 is 0 Å². The Morgan fingerprint density at radius 1 is 1.13 bits per heavy atom. The Labute approximate surface area is 178 Å². The van der Waals surface area contributed by atoms with Crippen LogP contribution >= 0.6 is 0 Å². The molecule has 0 atom stereocenters. The summed E-state index contributed by atoms with van der Waals surface area (Å²) in [4.78, 5) is 15.1. The van der Waals surface area contributed by atoms with Crippen LogP contribution in [-0.2, 0) is 21.4 Å². The molecular weight excluding hydrogens is 398 g/mol. The number of sulfonamides is 1. The normalized spacial score (nSPS) is 15.3. The predicted octanol–water partition coefficient (Wildman–Crippen LogP) is 3.17. The first-order valence-corrected chi connectivity index (χ1v) is 11.3. The van der Waals surface area contributed by atoms with Crippen LogP contribution in [0, 0.1) is 17.2 Å². The van der Waals surface area contributed by atoms with Crippen LogP contribution < -0.4 is 0 Å². The third-order valence-electron chi connectivity index (χ3n) is 5.30. The van der Waals surface area contributed by atoms with Crippen molar-refractivity contribution in [2.45, 2.75) is 24.3 Å². The Morgan fingerprint density at radius 2 is 1.77 bits per heavy atom. The van der Waals surface area contributed by atoms with Crippen LogP contribution in [0.25, 0.3) is 0 Å². The molecule has 1 aliphatic heterocycles. The lowest BCUT2D eigenvalue weighted by atomic mass is 9.96. The molecule has 2 aromatic rings. The van der Waals surface area contributed by atoms with Crippen LogP contribution in [0.1, 0.15) is 24.0 Å². The van der Waals surface area contributed by atoms with Crippen molar-refractivity contribution in [3.63, 3.8) is 0 Å². The van der Waals surface area contributed by atoms with Gasteiger partial charge in [0, 0.05) is 32.1 Å². The highest BCUT2D eigenvalue weighted by molar-refractivity contribution is 7.89. The van der Waals surface area contributed by atoms with Gasteiger partial charge in [-0.2, -0.15) is 9.57 Å². The summed E-state index contributed by atoms with van der Waals surface area (Å²) in [5.74, 6) is -0.207. The van der Waals surface area contributed by atoms with Crippen molar-refractivity contribution in [1.82, 2.24) is 9.21 Å². The van der Waals surface area contributed by atoms with E-state index < -0.39 is 10.0 Å². The highest BCUT2D eigenvalue weighted by Crippen LogP contribution is 2.25. The first-order chi connectivity index (χ1) is 14.5. The van der Waals surface area contributed by atoms with Crippen molar-refractivity contribution in [1.29, 1.82) is 5.26 Å². The lowest BCUT2D eigenvalue weighted by Crippen LogP contribution is -2.44. The largest absolute Gasteiger partial charge is 0.334 e. The van der Waals surface area contributed by atoms with Crippen molar-refractivity contribution >= 4 is 15.9 Å². The topological polar surface area (TPSA) is 81.5 Å². The van der Waals surface area contributed by atoms with Crippen LogP contribution in [-0.4, -0.2) is 43.2 Å². The van der Waals surface area contributed by atoms with E-state index in [0.717, 1.165) is 5.56 Å². The quantitative estimate of drug-likeness (QED) is 0.641. The number of nitrogens with zero attached hydrogens (tertiary/aromatic N) is 3. The fraction of sp³-hybridized carbons (Fsp3) is 0.304. The van der Waals surface area contributed by atoms with Gasteiger partial charge in [0.2, 0.25) is 15.9 Å². The van der Waals surface area contributed by atoms with E-state index in [1.807, 2.05) is 12.1 Å². The van der Waals surface area contributed by atoms with Gasteiger partial charge in [0.15, 0.2) is 0 Å². The van der Waals surface area contributed by atoms with Crippen LogP contribution in [0.4, 0.5) is 0 Å². The molecule has 30 heavy (non-hydrogen) atoms. The van der Waals surface area contributed by atoms with Gasteiger partial charge in [-0.3, -0.25) is 4.79 Å². The van der Waals surface area contributed by atoms with Gasteiger partial charge in [-0.05, 0) is 42.7 Å². The summed E-state index contributed by atoms with van der Waals surface area (Å²) >= 11 is 0. The van der Waals surface area contributed by atoms with Gasteiger partial charge < -0.3 is 4.90 Å². The van der Waals surface area contributed by atoms with Gasteiger partial charge in [0.25, 0.3) is 0 Å². The van der Waals surface area contributed by atoms with Crippen LogP contribution in [0.5, 0.6) is 0 Å². The highest BCUT2D eigenvalue weighted by atomic mass is 32.2. The lowest BCUT2D eigenvalue weighted by molar-refractivity contribution is -0.136. The molecule has 0 saturated carbocycles. The Morgan fingerprint density at radius 3 is 2.33 bits per heavy atom. The van der Waals surface area contributed by atoms with Crippen molar-refractivity contribution in [2.24, 2.45) is 5.92 Å². The number of benzene rings is 2. The van der Waals surface area contributed by atoms with Crippen LogP contribution in [0.2, 0.25) is 0 Å². The molecule has 1 fully saturated rings. The van der Waals surface area contributed by atoms with Crippen molar-refractivity contribution in [3.8, 4) is 6.07 Å². The number of piperidine rings is 1. The Balaban J connectivity index is 1.64. The van der Waals surface area contributed by atoms with E-state index in [2.05, 4.69) is 12.6 Å². The van der Waals surface area contributed by atoms with Gasteiger partial charge in [0.05, 0.1) is 16.5 Å². The zero-order chi connectivity index (χ0) is 21.6. The summed E-state index contributed by atoms with van der Waals surface area (Å²) in [5.41, 5.74) is 1.51. The maximum atomic E-state index is 13.1. The van der Waals surface area contributed by atoms with E-state index in [1.165, 1.54) is 4.31 Å². The van der Waals surface area contributed by atoms with E-state index in [4.69, 9.17) is 5.26 Å². The second-order valence-corrected chi connectivity index (χ2v) is 9.25. The highest BCUT2D eigenvalue weighted by Gasteiger charge is 2.33. The molecule has 0 unspecified atom stereocenters. The zero-order valence-corrected chi connectivity index (χ0v) is 17.6. The SMILES string of the molecule is C=CCN(Cc1ccc(C#N)cc1)C(=O)C1CCN(S(=O)(=O)c2ccccc2)CC1. The fourth-order valence-electron chi connectivity index (χ4n) is 3.64. The van der Waals surface area contributed by atoms with Gasteiger partial charge in [-0.1, -0.05) is 36.4 Å². The number of amides is 1. The van der Waals surface area contributed by atoms with Crippen molar-refractivity contribution in [3.05, 3.63) is 78.4 Å². The molecule has 0 aromatic heterocycles. The third-order valence-corrected chi connectivity index (χ3v) is 7.21. The van der Waals surface area contributed by atoms with E-state index in [-0.39, 0.29) is 16.7 Å². The molecular formula is C23H25N3O3S. The average Bonchev–Trinajstić information content (AvgIpc) is 2.79. The van der Waals surface area contributed by atoms with Gasteiger partial charge in [-0.15, -0.1) is 6.58 Å². The van der Waals surface area contributed by atoms with Gasteiger partial charge in [0.1, 0.15) is 0 Å². The molecule has 1 amide bonds. The van der Waals surface area contributed by atoms with E-state index in [0.29, 0.717) is 44.6 Å². The third kappa shape index (κ3) is 4.96. The van der Waals surface area contributed by atoms with Gasteiger partial charge >= 0.3 is 0 Å². The molecule has 0 aliphatic carbocycles. The molecule has 3 rings (SSSR count). The number of hydrogen-bond acceptors (Lipinski definition) is 4. The first kappa shape index (κ1) is 21.8. The number of hydrogen-bond donors (Lipinski definition) is 0. The number of carbonyl (C=O) groups excluding carboxylic acids is 1. The van der Waals surface area contributed by atoms with E-state index in [1.54, 1.807) is 53.4 Å². The molecule has 6 nitrogen and oxygen atoms in total. The number of rotatable bonds is 7. The molecule has 0 bridgehead atoms. The maximum Gasteiger partial charge on any atom is 0.243 e. The Bertz CT molecular complexity index is 1020. The van der Waals surface area contributed by atoms with Gasteiger partial charge in [-0.25, -0.2) is 8.42 Å². The minimum Gasteiger partial charge on any atom is -0.334 e. The summed E-state index contributed by atoms with van der Waals surface area (Å²) < 4.78 is 27.0. The molecule has 0 spiro atoms. The molecule has 1 saturated heterocycles. The summed E-state index contributed by atoms with van der Waals surface area (Å²) in [6.45, 7) is 5.25. The molecule has 2 aromatic carbocycles. The average molecular weight is 424 g/mol. The lowest BCUT2D eigenvalue weighted by Gasteiger charge is -2.33. The van der Waals surface area contributed by atoms with Crippen LogP contribution in [0.3, 0.4) is 0 Å². The Hall–Kier alpha value is -2.95. The molecule has 1 heterocycles. The van der Waals surface area contributed by atoms with E-state index in [9.17, 15) is 13.2 Å². The van der Waals surface area contributed by atoms with Crippen LogP contribution in [0.15, 0.2) is 72.1 Å². The molecule has 0 N–H and O–H groups in total. The monoisotopic (exact) mass is 423 g/mol. The smallest absolute Gasteiger partial charge is 0.243 e. The molecule has 0 radical (unpaired) electrons. The predicted molar refractivity (Wildman–Crippen MR) is 115 cm³/mol. The second kappa shape index (κ2) is 9.70. The standard InChI is InChI=1S/C23H25N3O3S/c1-2-14-25(18-20-10-8-19(17-24)9-11-20)23(27)21-12-15-26(16-13-21)30(28,29)22-6-4-3-5-7-22/h2-11,21H,1,12-16,18H2. The zero-order valence-electron chi connectivity index (χ0n) is 16.8. The summed E-state index contributed by atoms with van der Waals surface area (Å²) in [6, 6.07) is 17.6. The minimum atomic E-state index is -3.53. The summed E-state index contributed by atoms with van der Waals surface area (Å²) in [7, 11) is -3.53. The summed E-state index contributed by atoms with van der Waals surface area (Å²) in [6.07, 6.45) is 2.67. The Kier molecular flexibility index (Phi) is 7.03.